The molecule has 2 heterocycles. The number of benzene rings is 1. The standard InChI is InChI=1S/C17H23N3O/c21-17(16-4-3-9-18-16)19-12-14-5-7-15(8-6-14)13-20-10-1-2-11-20/h3-8,16,18H,1-2,9-13H2,(H,19,21)/t16-/m0/s1. The number of nitrogens with one attached hydrogen (secondary N) is 2. The molecular weight excluding hydrogens is 262 g/mol. The maximum atomic E-state index is 11.9. The molecule has 21 heavy (non-hydrogen) atoms. The summed E-state index contributed by atoms with van der Waals surface area (Å²) in [6, 6.07) is 8.41. The lowest BCUT2D eigenvalue weighted by molar-refractivity contribution is -0.122. The first-order valence-electron chi connectivity index (χ1n) is 7.79. The van der Waals surface area contributed by atoms with Crippen molar-refractivity contribution in [1.29, 1.82) is 0 Å². The molecule has 0 aromatic heterocycles. The van der Waals surface area contributed by atoms with E-state index in [0.717, 1.165) is 18.7 Å². The van der Waals surface area contributed by atoms with Gasteiger partial charge in [0.15, 0.2) is 0 Å². The zero-order valence-corrected chi connectivity index (χ0v) is 12.3. The second-order valence-corrected chi connectivity index (χ2v) is 5.83. The van der Waals surface area contributed by atoms with Gasteiger partial charge in [-0.05, 0) is 37.1 Å². The Balaban J connectivity index is 1.47. The van der Waals surface area contributed by atoms with Gasteiger partial charge in [-0.1, -0.05) is 36.4 Å². The van der Waals surface area contributed by atoms with E-state index < -0.39 is 0 Å². The minimum absolute atomic E-state index is 0.0462. The van der Waals surface area contributed by atoms with E-state index in [1.807, 2.05) is 12.2 Å². The molecule has 2 aliphatic rings. The van der Waals surface area contributed by atoms with Crippen LogP contribution < -0.4 is 10.6 Å². The largest absolute Gasteiger partial charge is 0.350 e. The predicted molar refractivity (Wildman–Crippen MR) is 83.7 cm³/mol. The molecule has 3 rings (SSSR count). The number of nitrogens with zero attached hydrogens (tertiary/aromatic N) is 1. The van der Waals surface area contributed by atoms with Crippen LogP contribution in [0.4, 0.5) is 0 Å². The Kier molecular flexibility index (Phi) is 4.68. The second kappa shape index (κ2) is 6.87. The molecular formula is C17H23N3O. The van der Waals surface area contributed by atoms with Crippen LogP contribution >= 0.6 is 0 Å². The molecule has 112 valence electrons. The summed E-state index contributed by atoms with van der Waals surface area (Å²) in [5.74, 6) is 0.0462. The second-order valence-electron chi connectivity index (χ2n) is 5.83. The van der Waals surface area contributed by atoms with Crippen molar-refractivity contribution in [3.05, 3.63) is 47.5 Å². The van der Waals surface area contributed by atoms with Gasteiger partial charge in [0.25, 0.3) is 0 Å². The van der Waals surface area contributed by atoms with Crippen LogP contribution in [0, 0.1) is 0 Å². The van der Waals surface area contributed by atoms with Gasteiger partial charge in [0.1, 0.15) is 6.04 Å². The first kappa shape index (κ1) is 14.3. The van der Waals surface area contributed by atoms with E-state index in [1.165, 1.54) is 31.5 Å². The average molecular weight is 285 g/mol. The molecule has 0 bridgehead atoms. The monoisotopic (exact) mass is 285 g/mol. The Labute approximate surface area is 126 Å². The van der Waals surface area contributed by atoms with Gasteiger partial charge in [-0.2, -0.15) is 0 Å². The molecule has 1 aromatic rings. The lowest BCUT2D eigenvalue weighted by Gasteiger charge is -2.15. The van der Waals surface area contributed by atoms with Crippen LogP contribution in [0.3, 0.4) is 0 Å². The van der Waals surface area contributed by atoms with Crippen molar-refractivity contribution in [3.8, 4) is 0 Å². The Morgan fingerprint density at radius 2 is 1.90 bits per heavy atom. The van der Waals surface area contributed by atoms with Crippen LogP contribution in [0.5, 0.6) is 0 Å². The van der Waals surface area contributed by atoms with E-state index in [1.54, 1.807) is 0 Å². The number of carbonyl (C=O) groups excluding carboxylic acids is 1. The zero-order valence-electron chi connectivity index (χ0n) is 12.3. The summed E-state index contributed by atoms with van der Waals surface area (Å²) < 4.78 is 0. The number of hydrogen-bond donors (Lipinski definition) is 2. The highest BCUT2D eigenvalue weighted by atomic mass is 16.2. The zero-order chi connectivity index (χ0) is 14.5. The Bertz CT molecular complexity index is 503. The van der Waals surface area contributed by atoms with Crippen molar-refractivity contribution in [1.82, 2.24) is 15.5 Å². The summed E-state index contributed by atoms with van der Waals surface area (Å²) >= 11 is 0. The molecule has 2 aliphatic heterocycles. The minimum atomic E-state index is -0.167. The smallest absolute Gasteiger partial charge is 0.241 e. The Morgan fingerprint density at radius 3 is 2.57 bits per heavy atom. The highest BCUT2D eigenvalue weighted by molar-refractivity contribution is 5.84. The molecule has 0 unspecified atom stereocenters. The van der Waals surface area contributed by atoms with Gasteiger partial charge in [0, 0.05) is 19.6 Å². The van der Waals surface area contributed by atoms with Gasteiger partial charge in [-0.15, -0.1) is 0 Å². The molecule has 4 heteroatoms. The summed E-state index contributed by atoms with van der Waals surface area (Å²) in [6.07, 6.45) is 6.55. The first-order valence-corrected chi connectivity index (χ1v) is 7.79. The van der Waals surface area contributed by atoms with E-state index in [0.29, 0.717) is 6.54 Å². The molecule has 1 saturated heterocycles. The summed E-state index contributed by atoms with van der Waals surface area (Å²) in [6.45, 7) is 4.86. The van der Waals surface area contributed by atoms with Crippen LogP contribution in [-0.4, -0.2) is 36.5 Å². The molecule has 0 spiro atoms. The van der Waals surface area contributed by atoms with Crippen molar-refractivity contribution >= 4 is 5.91 Å². The highest BCUT2D eigenvalue weighted by Gasteiger charge is 2.16. The van der Waals surface area contributed by atoms with Crippen molar-refractivity contribution < 1.29 is 4.79 Å². The topological polar surface area (TPSA) is 44.4 Å². The van der Waals surface area contributed by atoms with Crippen molar-refractivity contribution in [3.63, 3.8) is 0 Å². The SMILES string of the molecule is O=C(NCc1ccc(CN2CCCC2)cc1)[C@@H]1C=CCN1. The van der Waals surface area contributed by atoms with E-state index >= 15 is 0 Å². The molecule has 4 nitrogen and oxygen atoms in total. The molecule has 0 aliphatic carbocycles. The van der Waals surface area contributed by atoms with Crippen molar-refractivity contribution in [2.24, 2.45) is 0 Å². The van der Waals surface area contributed by atoms with Crippen molar-refractivity contribution in [2.75, 3.05) is 19.6 Å². The fourth-order valence-corrected chi connectivity index (χ4v) is 2.91. The fourth-order valence-electron chi connectivity index (χ4n) is 2.91. The van der Waals surface area contributed by atoms with Crippen LogP contribution in [0.1, 0.15) is 24.0 Å². The summed E-state index contributed by atoms with van der Waals surface area (Å²) in [5, 5.41) is 6.08. The lowest BCUT2D eigenvalue weighted by atomic mass is 10.1. The Hall–Kier alpha value is -1.65. The molecule has 1 atom stereocenters. The minimum Gasteiger partial charge on any atom is -0.350 e. The quantitative estimate of drug-likeness (QED) is 0.804. The predicted octanol–water partition coefficient (Wildman–Crippen LogP) is 1.43. The summed E-state index contributed by atoms with van der Waals surface area (Å²) in [5.41, 5.74) is 2.50. The first-order chi connectivity index (χ1) is 10.3. The number of amides is 1. The third-order valence-electron chi connectivity index (χ3n) is 4.16. The number of likely N-dealkylation sites (tertiary alicyclic amines) is 1. The molecule has 0 radical (unpaired) electrons. The van der Waals surface area contributed by atoms with Gasteiger partial charge < -0.3 is 5.32 Å². The third-order valence-corrected chi connectivity index (χ3v) is 4.16. The maximum absolute atomic E-state index is 11.9. The van der Waals surface area contributed by atoms with Gasteiger partial charge in [-0.3, -0.25) is 15.0 Å². The van der Waals surface area contributed by atoms with Gasteiger partial charge >= 0.3 is 0 Å². The normalized spacial score (nSPS) is 21.8. The summed E-state index contributed by atoms with van der Waals surface area (Å²) in [7, 11) is 0. The van der Waals surface area contributed by atoms with E-state index in [4.69, 9.17) is 0 Å². The Morgan fingerprint density at radius 1 is 1.19 bits per heavy atom. The van der Waals surface area contributed by atoms with Crippen LogP contribution in [0.2, 0.25) is 0 Å². The average Bonchev–Trinajstić information content (AvgIpc) is 3.19. The van der Waals surface area contributed by atoms with Gasteiger partial charge in [-0.25, -0.2) is 0 Å². The van der Waals surface area contributed by atoms with Gasteiger partial charge in [0.05, 0.1) is 0 Å². The van der Waals surface area contributed by atoms with Gasteiger partial charge in [0.2, 0.25) is 5.91 Å². The van der Waals surface area contributed by atoms with E-state index in [2.05, 4.69) is 39.8 Å². The maximum Gasteiger partial charge on any atom is 0.241 e. The number of carbonyl (C=O) groups is 1. The van der Waals surface area contributed by atoms with Crippen LogP contribution in [-0.2, 0) is 17.9 Å². The van der Waals surface area contributed by atoms with Crippen molar-refractivity contribution in [2.45, 2.75) is 32.0 Å². The molecule has 2 N–H and O–H groups in total. The number of hydrogen-bond acceptors (Lipinski definition) is 3. The van der Waals surface area contributed by atoms with Crippen LogP contribution in [0.15, 0.2) is 36.4 Å². The molecule has 1 aromatic carbocycles. The van der Waals surface area contributed by atoms with Crippen LogP contribution in [0.25, 0.3) is 0 Å². The lowest BCUT2D eigenvalue weighted by Crippen LogP contribution is -2.40. The number of rotatable bonds is 5. The third kappa shape index (κ3) is 3.93. The molecule has 1 amide bonds. The molecule has 1 fully saturated rings. The fraction of sp³-hybridized carbons (Fsp3) is 0.471. The van der Waals surface area contributed by atoms with E-state index in [9.17, 15) is 4.79 Å². The summed E-state index contributed by atoms with van der Waals surface area (Å²) in [4.78, 5) is 14.4. The molecule has 0 saturated carbocycles. The van der Waals surface area contributed by atoms with E-state index in [-0.39, 0.29) is 11.9 Å². The highest BCUT2D eigenvalue weighted by Crippen LogP contribution is 2.13.